The molecule has 2 aromatic carbocycles. The summed E-state index contributed by atoms with van der Waals surface area (Å²) >= 11 is 6.20. The molecule has 1 amide bonds. The van der Waals surface area contributed by atoms with Gasteiger partial charge in [0.2, 0.25) is 12.7 Å². The van der Waals surface area contributed by atoms with Crippen molar-refractivity contribution in [2.45, 2.75) is 25.9 Å². The van der Waals surface area contributed by atoms with Gasteiger partial charge in [0.25, 0.3) is 0 Å². The minimum atomic E-state index is -0.387. The molecule has 0 bridgehead atoms. The standard InChI is InChI=1S/C18H19ClN2O3/c1-11(14-5-3-4-6-15(14)19)20-12(2)18(22)21-13-7-8-16-17(9-13)24-10-23-16/h3-9,11-12,20H,10H2,1-2H3,(H,21,22). The second-order valence-electron chi connectivity index (χ2n) is 5.69. The monoisotopic (exact) mass is 346 g/mol. The van der Waals surface area contributed by atoms with E-state index >= 15 is 0 Å². The molecule has 0 saturated carbocycles. The Hall–Kier alpha value is -2.24. The molecule has 1 aliphatic heterocycles. The lowest BCUT2D eigenvalue weighted by molar-refractivity contribution is -0.117. The maximum atomic E-state index is 12.4. The van der Waals surface area contributed by atoms with E-state index in [4.69, 9.17) is 21.1 Å². The first-order chi connectivity index (χ1) is 11.5. The van der Waals surface area contributed by atoms with E-state index in [0.717, 1.165) is 5.56 Å². The van der Waals surface area contributed by atoms with Crippen molar-refractivity contribution in [3.8, 4) is 11.5 Å². The van der Waals surface area contributed by atoms with Gasteiger partial charge in [-0.25, -0.2) is 0 Å². The van der Waals surface area contributed by atoms with Gasteiger partial charge in [-0.15, -0.1) is 0 Å². The molecular formula is C18H19ClN2O3. The van der Waals surface area contributed by atoms with Crippen molar-refractivity contribution in [3.05, 3.63) is 53.1 Å². The van der Waals surface area contributed by atoms with Gasteiger partial charge < -0.3 is 14.8 Å². The quantitative estimate of drug-likeness (QED) is 0.865. The number of nitrogens with one attached hydrogen (secondary N) is 2. The van der Waals surface area contributed by atoms with Crippen molar-refractivity contribution in [2.75, 3.05) is 12.1 Å². The first-order valence-corrected chi connectivity index (χ1v) is 8.13. The summed E-state index contributed by atoms with van der Waals surface area (Å²) in [5.41, 5.74) is 1.63. The third-order valence-electron chi connectivity index (χ3n) is 3.91. The minimum Gasteiger partial charge on any atom is -0.454 e. The molecule has 3 rings (SSSR count). The molecule has 24 heavy (non-hydrogen) atoms. The summed E-state index contributed by atoms with van der Waals surface area (Å²) < 4.78 is 10.6. The molecule has 2 aromatic rings. The molecule has 5 nitrogen and oxygen atoms in total. The van der Waals surface area contributed by atoms with Crippen molar-refractivity contribution in [1.29, 1.82) is 0 Å². The number of carbonyl (C=O) groups is 1. The molecule has 0 aromatic heterocycles. The van der Waals surface area contributed by atoms with Gasteiger partial charge in [-0.2, -0.15) is 0 Å². The minimum absolute atomic E-state index is 0.0452. The highest BCUT2D eigenvalue weighted by molar-refractivity contribution is 6.31. The van der Waals surface area contributed by atoms with Crippen LogP contribution in [0.4, 0.5) is 5.69 Å². The number of anilines is 1. The highest BCUT2D eigenvalue weighted by Crippen LogP contribution is 2.34. The van der Waals surface area contributed by atoms with Crippen LogP contribution in [-0.4, -0.2) is 18.7 Å². The molecule has 0 fully saturated rings. The summed E-state index contributed by atoms with van der Waals surface area (Å²) in [5.74, 6) is 1.19. The van der Waals surface area contributed by atoms with Crippen molar-refractivity contribution >= 4 is 23.2 Å². The zero-order valence-corrected chi connectivity index (χ0v) is 14.3. The van der Waals surface area contributed by atoms with E-state index < -0.39 is 0 Å². The molecule has 1 aliphatic rings. The maximum absolute atomic E-state index is 12.4. The average molecular weight is 347 g/mol. The Labute approximate surface area is 145 Å². The fourth-order valence-electron chi connectivity index (χ4n) is 2.59. The van der Waals surface area contributed by atoms with Gasteiger partial charge in [0.15, 0.2) is 11.5 Å². The van der Waals surface area contributed by atoms with Gasteiger partial charge in [-0.1, -0.05) is 29.8 Å². The zero-order valence-electron chi connectivity index (χ0n) is 13.5. The van der Waals surface area contributed by atoms with E-state index in [-0.39, 0.29) is 24.8 Å². The van der Waals surface area contributed by atoms with Gasteiger partial charge in [-0.05, 0) is 37.6 Å². The van der Waals surface area contributed by atoms with E-state index in [1.54, 1.807) is 18.2 Å². The molecule has 2 N–H and O–H groups in total. The second-order valence-corrected chi connectivity index (χ2v) is 6.10. The van der Waals surface area contributed by atoms with Crippen LogP contribution in [0.25, 0.3) is 0 Å². The molecule has 0 radical (unpaired) electrons. The molecule has 0 spiro atoms. The number of rotatable bonds is 5. The predicted octanol–water partition coefficient (Wildman–Crippen LogP) is 3.75. The van der Waals surface area contributed by atoms with E-state index in [2.05, 4.69) is 10.6 Å². The molecule has 2 unspecified atom stereocenters. The Morgan fingerprint density at radius 1 is 1.12 bits per heavy atom. The van der Waals surface area contributed by atoms with Crippen molar-refractivity contribution in [3.63, 3.8) is 0 Å². The van der Waals surface area contributed by atoms with Crippen LogP contribution < -0.4 is 20.1 Å². The van der Waals surface area contributed by atoms with E-state index in [1.165, 1.54) is 0 Å². The second kappa shape index (κ2) is 7.11. The van der Waals surface area contributed by atoms with Gasteiger partial charge in [-0.3, -0.25) is 10.1 Å². The average Bonchev–Trinajstić information content (AvgIpc) is 3.02. The van der Waals surface area contributed by atoms with E-state index in [0.29, 0.717) is 22.2 Å². The van der Waals surface area contributed by atoms with E-state index in [9.17, 15) is 4.79 Å². The molecule has 0 saturated heterocycles. The van der Waals surface area contributed by atoms with Crippen LogP contribution in [0.1, 0.15) is 25.5 Å². The van der Waals surface area contributed by atoms with Gasteiger partial charge >= 0.3 is 0 Å². The SMILES string of the molecule is CC(NC(C)c1ccccc1Cl)C(=O)Nc1ccc2c(c1)OCO2. The largest absolute Gasteiger partial charge is 0.454 e. The zero-order chi connectivity index (χ0) is 17.1. The number of halogens is 1. The molecule has 6 heteroatoms. The van der Waals surface area contributed by atoms with Crippen LogP contribution >= 0.6 is 11.6 Å². The lowest BCUT2D eigenvalue weighted by Crippen LogP contribution is -2.39. The molecule has 1 heterocycles. The summed E-state index contributed by atoms with van der Waals surface area (Å²) in [4.78, 5) is 12.4. The maximum Gasteiger partial charge on any atom is 0.241 e. The van der Waals surface area contributed by atoms with Crippen LogP contribution in [-0.2, 0) is 4.79 Å². The molecule has 0 aliphatic carbocycles. The highest BCUT2D eigenvalue weighted by atomic mass is 35.5. The lowest BCUT2D eigenvalue weighted by atomic mass is 10.1. The van der Waals surface area contributed by atoms with Crippen LogP contribution in [0.15, 0.2) is 42.5 Å². The Morgan fingerprint density at radius 2 is 1.88 bits per heavy atom. The van der Waals surface area contributed by atoms with Gasteiger partial charge in [0.05, 0.1) is 6.04 Å². The number of hydrogen-bond acceptors (Lipinski definition) is 4. The summed E-state index contributed by atoms with van der Waals surface area (Å²) in [7, 11) is 0. The molecule has 2 atom stereocenters. The third kappa shape index (κ3) is 3.63. The fraction of sp³-hybridized carbons (Fsp3) is 0.278. The first kappa shape index (κ1) is 16.6. The van der Waals surface area contributed by atoms with Crippen LogP contribution in [0.2, 0.25) is 5.02 Å². The Kier molecular flexibility index (Phi) is 4.92. The first-order valence-electron chi connectivity index (χ1n) is 7.75. The van der Waals surface area contributed by atoms with Crippen molar-refractivity contribution in [2.24, 2.45) is 0 Å². The normalized spacial score (nSPS) is 15.0. The predicted molar refractivity (Wildman–Crippen MR) is 93.7 cm³/mol. The van der Waals surface area contributed by atoms with Crippen molar-refractivity contribution < 1.29 is 14.3 Å². The lowest BCUT2D eigenvalue weighted by Gasteiger charge is -2.21. The number of ether oxygens (including phenoxy) is 2. The number of benzene rings is 2. The number of carbonyl (C=O) groups excluding carboxylic acids is 1. The molecule has 126 valence electrons. The Bertz CT molecular complexity index is 751. The summed E-state index contributed by atoms with van der Waals surface area (Å²) in [5, 5.41) is 6.81. The molecular weight excluding hydrogens is 328 g/mol. The smallest absolute Gasteiger partial charge is 0.241 e. The van der Waals surface area contributed by atoms with Gasteiger partial charge in [0, 0.05) is 22.8 Å². The van der Waals surface area contributed by atoms with Gasteiger partial charge in [0.1, 0.15) is 0 Å². The number of amides is 1. The number of hydrogen-bond donors (Lipinski definition) is 2. The highest BCUT2D eigenvalue weighted by Gasteiger charge is 2.19. The Balaban J connectivity index is 1.61. The third-order valence-corrected chi connectivity index (χ3v) is 4.25. The Morgan fingerprint density at radius 3 is 2.67 bits per heavy atom. The summed E-state index contributed by atoms with van der Waals surface area (Å²) in [6.45, 7) is 4.00. The van der Waals surface area contributed by atoms with E-state index in [1.807, 2.05) is 38.1 Å². The topological polar surface area (TPSA) is 59.6 Å². The van der Waals surface area contributed by atoms with Crippen LogP contribution in [0.5, 0.6) is 11.5 Å². The summed E-state index contributed by atoms with van der Waals surface area (Å²) in [6.07, 6.45) is 0. The summed E-state index contributed by atoms with van der Waals surface area (Å²) in [6, 6.07) is 12.5. The van der Waals surface area contributed by atoms with Crippen LogP contribution in [0.3, 0.4) is 0 Å². The van der Waals surface area contributed by atoms with Crippen molar-refractivity contribution in [1.82, 2.24) is 5.32 Å². The van der Waals surface area contributed by atoms with Crippen LogP contribution in [0, 0.1) is 0 Å². The number of fused-ring (bicyclic) bond motifs is 1. The fourth-order valence-corrected chi connectivity index (χ4v) is 2.89.